The molecule has 0 saturated carbocycles. The smallest absolute Gasteiger partial charge is 0.177 e. The Kier molecular flexibility index (Phi) is 6.36. The molecule has 0 aliphatic heterocycles. The molecule has 0 aliphatic rings. The van der Waals surface area contributed by atoms with E-state index in [2.05, 4.69) is 97.9 Å². The van der Waals surface area contributed by atoms with E-state index in [1.54, 1.807) is 0 Å². The zero-order valence-electron chi connectivity index (χ0n) is 14.6. The van der Waals surface area contributed by atoms with Crippen LogP contribution in [0.1, 0.15) is 23.6 Å². The van der Waals surface area contributed by atoms with Gasteiger partial charge in [0.15, 0.2) is 18.6 Å². The summed E-state index contributed by atoms with van der Waals surface area (Å²) in [4.78, 5) is 0. The molecule has 0 N–H and O–H groups in total. The van der Waals surface area contributed by atoms with Crippen molar-refractivity contribution in [2.75, 3.05) is 6.61 Å². The van der Waals surface area contributed by atoms with Crippen LogP contribution in [0.4, 0.5) is 0 Å². The molecule has 0 aliphatic carbocycles. The Morgan fingerprint density at radius 1 is 0.640 bits per heavy atom. The minimum absolute atomic E-state index is 0.555. The molecule has 0 unspecified atom stereocenters. The minimum Gasteiger partial charge on any atom is -0.425 e. The fourth-order valence-electron chi connectivity index (χ4n) is 3.17. The van der Waals surface area contributed by atoms with Gasteiger partial charge in [0.1, 0.15) is 5.60 Å². The van der Waals surface area contributed by atoms with Gasteiger partial charge in [-0.3, -0.25) is 0 Å². The van der Waals surface area contributed by atoms with Gasteiger partial charge in [0.2, 0.25) is 0 Å². The molecule has 0 atom stereocenters. The van der Waals surface area contributed by atoms with Gasteiger partial charge in [-0.15, -0.1) is 0 Å². The van der Waals surface area contributed by atoms with Crippen LogP contribution in [0.5, 0.6) is 0 Å². The van der Waals surface area contributed by atoms with E-state index < -0.39 is 24.2 Å². The van der Waals surface area contributed by atoms with Crippen molar-refractivity contribution in [2.45, 2.75) is 12.5 Å². The van der Waals surface area contributed by atoms with Crippen LogP contribution < -0.4 is 0 Å². The second kappa shape index (κ2) is 8.92. The molecule has 4 heteroatoms. The van der Waals surface area contributed by atoms with Crippen molar-refractivity contribution in [1.29, 1.82) is 0 Å². The maximum absolute atomic E-state index is 6.77. The topological polar surface area (TPSA) is 18.5 Å². The summed E-state index contributed by atoms with van der Waals surface area (Å²) in [6.45, 7) is 2.85. The predicted molar refractivity (Wildman–Crippen MR) is 109 cm³/mol. The Hall–Kier alpha value is -1.99. The Bertz CT molecular complexity index is 652. The molecule has 0 saturated heterocycles. The van der Waals surface area contributed by atoms with Gasteiger partial charge in [0.25, 0.3) is 0 Å². The zero-order valence-corrected chi connectivity index (χ0v) is 17.4. The van der Waals surface area contributed by atoms with Crippen LogP contribution in [0.15, 0.2) is 91.0 Å². The second-order valence-electron chi connectivity index (χ2n) is 5.82. The van der Waals surface area contributed by atoms with E-state index in [9.17, 15) is 0 Å². The molecule has 0 radical (unpaired) electrons. The highest BCUT2D eigenvalue weighted by Gasteiger charge is 2.36. The normalized spacial score (nSPS) is 12.4. The third kappa shape index (κ3) is 3.99. The summed E-state index contributed by atoms with van der Waals surface area (Å²) in [7, 11) is -1.29. The van der Waals surface area contributed by atoms with E-state index in [-0.39, 0.29) is 0 Å². The first-order chi connectivity index (χ1) is 12.4. The zero-order chi connectivity index (χ0) is 17.4. The van der Waals surface area contributed by atoms with Crippen molar-refractivity contribution in [1.82, 2.24) is 0 Å². The van der Waals surface area contributed by atoms with Crippen LogP contribution in [0.2, 0.25) is 0 Å². The molecule has 3 rings (SSSR count). The lowest BCUT2D eigenvalue weighted by Crippen LogP contribution is -2.36. The van der Waals surface area contributed by atoms with Gasteiger partial charge in [-0.1, -0.05) is 91.0 Å². The number of hydrogen-bond donors (Lipinski definition) is 0. The molecule has 0 heterocycles. The Labute approximate surface area is 154 Å². The summed E-state index contributed by atoms with van der Waals surface area (Å²) in [5.41, 5.74) is 2.96. The molecular formula is C21H24O2Si2. The van der Waals surface area contributed by atoms with Gasteiger partial charge >= 0.3 is 0 Å². The predicted octanol–water partition coefficient (Wildman–Crippen LogP) is 3.11. The molecular weight excluding hydrogens is 340 g/mol. The van der Waals surface area contributed by atoms with E-state index >= 15 is 0 Å². The molecule has 3 aromatic rings. The fraction of sp³-hybridized carbons (Fsp3) is 0.143. The summed E-state index contributed by atoms with van der Waals surface area (Å²) < 4.78 is 12.5. The quantitative estimate of drug-likeness (QED) is 0.347. The van der Waals surface area contributed by atoms with Gasteiger partial charge in [0, 0.05) is 6.61 Å². The first-order valence-corrected chi connectivity index (χ1v) is 13.9. The van der Waals surface area contributed by atoms with Gasteiger partial charge in [-0.2, -0.15) is 0 Å². The Morgan fingerprint density at radius 3 is 1.40 bits per heavy atom. The maximum Gasteiger partial charge on any atom is 0.177 e. The summed E-state index contributed by atoms with van der Waals surface area (Å²) in [6.07, 6.45) is 0. The minimum atomic E-state index is -0.719. The Balaban J connectivity index is 2.13. The Morgan fingerprint density at radius 2 is 1.04 bits per heavy atom. The fourth-order valence-corrected chi connectivity index (χ4v) is 6.85. The summed E-state index contributed by atoms with van der Waals surface area (Å²) in [5.74, 6) is 0. The lowest BCUT2D eigenvalue weighted by Gasteiger charge is -2.36. The number of rotatable bonds is 8. The highest BCUT2D eigenvalue weighted by atomic mass is 29.2. The van der Waals surface area contributed by atoms with E-state index in [0.29, 0.717) is 0 Å². The molecule has 3 aromatic carbocycles. The van der Waals surface area contributed by atoms with Crippen molar-refractivity contribution in [3.05, 3.63) is 108 Å². The largest absolute Gasteiger partial charge is 0.425 e. The molecule has 0 amide bonds. The first kappa shape index (κ1) is 17.8. The second-order valence-corrected chi connectivity index (χ2v) is 9.79. The monoisotopic (exact) mass is 364 g/mol. The molecule has 0 aromatic heterocycles. The lowest BCUT2D eigenvalue weighted by atomic mass is 9.80. The molecule has 0 bridgehead atoms. The molecule has 0 fully saturated rings. The summed E-state index contributed by atoms with van der Waals surface area (Å²) in [6, 6.07) is 31.6. The average Bonchev–Trinajstić information content (AvgIpc) is 2.70. The van der Waals surface area contributed by atoms with E-state index in [1.807, 2.05) is 0 Å². The summed E-state index contributed by atoms with van der Waals surface area (Å²) in [5, 5.41) is 0. The van der Waals surface area contributed by atoms with E-state index in [4.69, 9.17) is 8.85 Å². The van der Waals surface area contributed by atoms with Gasteiger partial charge in [-0.25, -0.2) is 0 Å². The third-order valence-corrected chi connectivity index (χ3v) is 7.77. The van der Waals surface area contributed by atoms with Gasteiger partial charge < -0.3 is 8.85 Å². The van der Waals surface area contributed by atoms with E-state index in [0.717, 1.165) is 6.61 Å². The van der Waals surface area contributed by atoms with Crippen LogP contribution in [0, 0.1) is 0 Å². The maximum atomic E-state index is 6.77. The van der Waals surface area contributed by atoms with E-state index in [1.165, 1.54) is 16.7 Å². The van der Waals surface area contributed by atoms with Crippen molar-refractivity contribution in [2.24, 2.45) is 0 Å². The van der Waals surface area contributed by atoms with Crippen molar-refractivity contribution in [3.8, 4) is 0 Å². The van der Waals surface area contributed by atoms with Crippen LogP contribution in [0.25, 0.3) is 0 Å². The third-order valence-electron chi connectivity index (χ3n) is 4.29. The number of hydrogen-bond acceptors (Lipinski definition) is 2. The lowest BCUT2D eigenvalue weighted by molar-refractivity contribution is 0.168. The van der Waals surface area contributed by atoms with Crippen molar-refractivity contribution < 1.29 is 8.85 Å². The van der Waals surface area contributed by atoms with Gasteiger partial charge in [-0.05, 0) is 23.6 Å². The summed E-state index contributed by atoms with van der Waals surface area (Å²) >= 11 is 0. The molecule has 128 valence electrons. The first-order valence-electron chi connectivity index (χ1n) is 8.76. The molecule has 25 heavy (non-hydrogen) atoms. The standard InChI is InChI=1S/C21H24O2Si2/c1-2-22-24-25-23-21(18-12-6-3-7-13-18,19-14-8-4-9-15-19)20-16-10-5-11-17-20/h3-17H,2,24-25H2,1H3. The molecule has 2 nitrogen and oxygen atoms in total. The number of benzene rings is 3. The highest BCUT2D eigenvalue weighted by Crippen LogP contribution is 2.39. The average molecular weight is 365 g/mol. The van der Waals surface area contributed by atoms with Crippen LogP contribution in [-0.4, -0.2) is 25.2 Å². The van der Waals surface area contributed by atoms with Crippen LogP contribution in [-0.2, 0) is 14.5 Å². The van der Waals surface area contributed by atoms with Crippen molar-refractivity contribution in [3.63, 3.8) is 0 Å². The SMILES string of the molecule is CCO[SiH2][SiH2]OC(c1ccccc1)(c1ccccc1)c1ccccc1. The van der Waals surface area contributed by atoms with Gasteiger partial charge in [0.05, 0.1) is 0 Å². The highest BCUT2D eigenvalue weighted by molar-refractivity contribution is 6.93. The molecule has 0 spiro atoms. The van der Waals surface area contributed by atoms with Crippen LogP contribution >= 0.6 is 0 Å². The van der Waals surface area contributed by atoms with Crippen LogP contribution in [0.3, 0.4) is 0 Å². The van der Waals surface area contributed by atoms with Crippen molar-refractivity contribution >= 4 is 18.6 Å².